The molecular weight excluding hydrogens is 188 g/mol. The van der Waals surface area contributed by atoms with Crippen molar-refractivity contribution in [2.45, 2.75) is 25.4 Å². The number of nitrogens with zero attached hydrogens (tertiary/aromatic N) is 2. The van der Waals surface area contributed by atoms with Crippen molar-refractivity contribution in [3.63, 3.8) is 0 Å². The maximum absolute atomic E-state index is 4.08. The number of likely N-dealkylation sites (tertiary alicyclic amines) is 1. The lowest BCUT2D eigenvalue weighted by Crippen LogP contribution is -2.44. The Balaban J connectivity index is 1.69. The third-order valence-electron chi connectivity index (χ3n) is 3.72. The largest absolute Gasteiger partial charge is 0.347 e. The van der Waals surface area contributed by atoms with Crippen molar-refractivity contribution < 1.29 is 0 Å². The number of nitrogens with one attached hydrogen (secondary N) is 2. The van der Waals surface area contributed by atoms with Crippen molar-refractivity contribution in [3.05, 3.63) is 18.2 Å². The van der Waals surface area contributed by atoms with Gasteiger partial charge in [0.2, 0.25) is 0 Å². The minimum absolute atomic E-state index is 0.752. The van der Waals surface area contributed by atoms with Gasteiger partial charge in [-0.15, -0.1) is 0 Å². The van der Waals surface area contributed by atoms with E-state index in [0.717, 1.165) is 18.5 Å². The fourth-order valence-electron chi connectivity index (χ4n) is 2.95. The highest BCUT2D eigenvalue weighted by Gasteiger charge is 2.34. The van der Waals surface area contributed by atoms with E-state index in [1.165, 1.54) is 38.2 Å². The Morgan fingerprint density at radius 3 is 3.33 bits per heavy atom. The Hall–Kier alpha value is -0.870. The number of aromatic amines is 1. The second-order valence-corrected chi connectivity index (χ2v) is 4.68. The lowest BCUT2D eigenvalue weighted by Gasteiger charge is -2.36. The predicted octanol–water partition coefficient (Wildman–Crippen LogP) is 0.593. The van der Waals surface area contributed by atoms with Gasteiger partial charge in [-0.2, -0.15) is 0 Å². The molecule has 0 aliphatic carbocycles. The molecule has 0 amide bonds. The first-order valence-electron chi connectivity index (χ1n) is 5.85. The number of piperidine rings is 1. The van der Waals surface area contributed by atoms with Crippen LogP contribution < -0.4 is 5.32 Å². The zero-order chi connectivity index (χ0) is 10.1. The number of rotatable bonds is 2. The molecule has 2 unspecified atom stereocenters. The Kier molecular flexibility index (Phi) is 2.46. The molecule has 0 saturated carbocycles. The first-order valence-corrected chi connectivity index (χ1v) is 5.85. The first-order chi connectivity index (χ1) is 7.43. The van der Waals surface area contributed by atoms with Crippen LogP contribution in [-0.2, 0) is 6.54 Å². The second-order valence-electron chi connectivity index (χ2n) is 4.68. The maximum Gasteiger partial charge on any atom is 0.0922 e. The molecule has 3 heterocycles. The highest BCUT2D eigenvalue weighted by Crippen LogP contribution is 2.27. The summed E-state index contributed by atoms with van der Waals surface area (Å²) in [5.74, 6) is 0.877. The van der Waals surface area contributed by atoms with Crippen molar-refractivity contribution in [1.82, 2.24) is 20.2 Å². The van der Waals surface area contributed by atoms with Crippen LogP contribution >= 0.6 is 0 Å². The zero-order valence-electron chi connectivity index (χ0n) is 8.95. The van der Waals surface area contributed by atoms with Gasteiger partial charge in [0.05, 0.1) is 6.33 Å². The zero-order valence-corrected chi connectivity index (χ0v) is 8.95. The average molecular weight is 206 g/mol. The standard InChI is InChI=1S/C11H18N4/c1-2-9-4-12-6-11(9)15(3-1)7-10-5-13-8-14-10/h5,8-9,11-12H,1-4,6-7H2,(H,13,14). The van der Waals surface area contributed by atoms with Crippen LogP contribution in [0.2, 0.25) is 0 Å². The third kappa shape index (κ3) is 1.79. The quantitative estimate of drug-likeness (QED) is 0.744. The fourth-order valence-corrected chi connectivity index (χ4v) is 2.95. The van der Waals surface area contributed by atoms with Gasteiger partial charge in [0.15, 0.2) is 0 Å². The van der Waals surface area contributed by atoms with E-state index in [1.807, 2.05) is 6.20 Å². The molecule has 1 aromatic rings. The molecular formula is C11H18N4. The van der Waals surface area contributed by atoms with Gasteiger partial charge in [0.25, 0.3) is 0 Å². The monoisotopic (exact) mass is 206 g/mol. The van der Waals surface area contributed by atoms with Gasteiger partial charge in [-0.05, 0) is 31.8 Å². The lowest BCUT2D eigenvalue weighted by molar-refractivity contribution is 0.116. The summed E-state index contributed by atoms with van der Waals surface area (Å²) in [7, 11) is 0. The second kappa shape index (κ2) is 3.94. The smallest absolute Gasteiger partial charge is 0.0922 e. The minimum atomic E-state index is 0.752. The average Bonchev–Trinajstić information content (AvgIpc) is 2.87. The van der Waals surface area contributed by atoms with Crippen LogP contribution in [0.1, 0.15) is 18.5 Å². The van der Waals surface area contributed by atoms with Gasteiger partial charge < -0.3 is 10.3 Å². The van der Waals surface area contributed by atoms with Gasteiger partial charge in [-0.3, -0.25) is 4.90 Å². The van der Waals surface area contributed by atoms with Crippen LogP contribution in [0.25, 0.3) is 0 Å². The van der Waals surface area contributed by atoms with Crippen molar-refractivity contribution in [2.24, 2.45) is 5.92 Å². The van der Waals surface area contributed by atoms with E-state index in [2.05, 4.69) is 20.2 Å². The van der Waals surface area contributed by atoms with Gasteiger partial charge >= 0.3 is 0 Å². The molecule has 2 fully saturated rings. The summed E-state index contributed by atoms with van der Waals surface area (Å²) in [5.41, 5.74) is 1.24. The van der Waals surface area contributed by atoms with Crippen molar-refractivity contribution >= 4 is 0 Å². The highest BCUT2D eigenvalue weighted by atomic mass is 15.2. The lowest BCUT2D eigenvalue weighted by atomic mass is 9.92. The van der Waals surface area contributed by atoms with Crippen LogP contribution in [0.5, 0.6) is 0 Å². The van der Waals surface area contributed by atoms with E-state index in [1.54, 1.807) is 6.33 Å². The first kappa shape index (κ1) is 9.36. The summed E-state index contributed by atoms with van der Waals surface area (Å²) >= 11 is 0. The van der Waals surface area contributed by atoms with Gasteiger partial charge in [-0.25, -0.2) is 4.98 Å². The molecule has 4 nitrogen and oxygen atoms in total. The molecule has 0 bridgehead atoms. The number of imidazole rings is 1. The molecule has 1 aromatic heterocycles. The molecule has 2 aliphatic heterocycles. The summed E-state index contributed by atoms with van der Waals surface area (Å²) in [6, 6.07) is 0.752. The molecule has 2 N–H and O–H groups in total. The van der Waals surface area contributed by atoms with Gasteiger partial charge in [0, 0.05) is 31.0 Å². The summed E-state index contributed by atoms with van der Waals surface area (Å²) in [5, 5.41) is 3.51. The van der Waals surface area contributed by atoms with Crippen LogP contribution in [0.3, 0.4) is 0 Å². The van der Waals surface area contributed by atoms with E-state index in [9.17, 15) is 0 Å². The van der Waals surface area contributed by atoms with Gasteiger partial charge in [-0.1, -0.05) is 0 Å². The maximum atomic E-state index is 4.08. The van der Waals surface area contributed by atoms with Crippen LogP contribution in [0.4, 0.5) is 0 Å². The highest BCUT2D eigenvalue weighted by molar-refractivity contribution is 4.98. The molecule has 2 saturated heterocycles. The Morgan fingerprint density at radius 1 is 1.47 bits per heavy atom. The van der Waals surface area contributed by atoms with E-state index in [-0.39, 0.29) is 0 Å². The number of hydrogen-bond acceptors (Lipinski definition) is 3. The third-order valence-corrected chi connectivity index (χ3v) is 3.72. The normalized spacial score (nSPS) is 31.7. The van der Waals surface area contributed by atoms with Crippen LogP contribution in [0, 0.1) is 5.92 Å². The van der Waals surface area contributed by atoms with Gasteiger partial charge in [0.1, 0.15) is 0 Å². The Morgan fingerprint density at radius 2 is 2.47 bits per heavy atom. The predicted molar refractivity (Wildman–Crippen MR) is 58.4 cm³/mol. The molecule has 0 aromatic carbocycles. The molecule has 82 valence electrons. The molecule has 0 spiro atoms. The van der Waals surface area contributed by atoms with Crippen molar-refractivity contribution in [2.75, 3.05) is 19.6 Å². The van der Waals surface area contributed by atoms with Crippen LogP contribution in [-0.4, -0.2) is 40.5 Å². The topological polar surface area (TPSA) is 44.0 Å². The summed E-state index contributed by atoms with van der Waals surface area (Å²) < 4.78 is 0. The molecule has 15 heavy (non-hydrogen) atoms. The Labute approximate surface area is 90.1 Å². The molecule has 0 radical (unpaired) electrons. The van der Waals surface area contributed by atoms with E-state index in [4.69, 9.17) is 0 Å². The summed E-state index contributed by atoms with van der Waals surface area (Å²) in [6.07, 6.45) is 6.45. The van der Waals surface area contributed by atoms with Crippen LogP contribution in [0.15, 0.2) is 12.5 Å². The minimum Gasteiger partial charge on any atom is -0.347 e. The number of hydrogen-bond donors (Lipinski definition) is 2. The summed E-state index contributed by atoms with van der Waals surface area (Å²) in [4.78, 5) is 9.87. The summed E-state index contributed by atoms with van der Waals surface area (Å²) in [6.45, 7) is 4.65. The SMILES string of the molecule is c1ncc(CN2CCCC3CNCC32)[nH]1. The van der Waals surface area contributed by atoms with Crippen molar-refractivity contribution in [1.29, 1.82) is 0 Å². The number of fused-ring (bicyclic) bond motifs is 1. The number of H-pyrrole nitrogens is 1. The molecule has 2 atom stereocenters. The molecule has 4 heteroatoms. The fraction of sp³-hybridized carbons (Fsp3) is 0.727. The van der Waals surface area contributed by atoms with E-state index < -0.39 is 0 Å². The van der Waals surface area contributed by atoms with Crippen molar-refractivity contribution in [3.8, 4) is 0 Å². The Bertz CT molecular complexity index is 308. The van der Waals surface area contributed by atoms with E-state index in [0.29, 0.717) is 0 Å². The number of aromatic nitrogens is 2. The molecule has 2 aliphatic rings. The van der Waals surface area contributed by atoms with E-state index >= 15 is 0 Å². The molecule has 3 rings (SSSR count).